The highest BCUT2D eigenvalue weighted by Crippen LogP contribution is 2.32. The minimum absolute atomic E-state index is 0.236. The summed E-state index contributed by atoms with van der Waals surface area (Å²) in [6, 6.07) is 10.9. The number of nitrogens with zero attached hydrogens (tertiary/aromatic N) is 3. The molecule has 0 atom stereocenters. The van der Waals surface area contributed by atoms with Gasteiger partial charge < -0.3 is 14.7 Å². The molecule has 1 aliphatic rings. The van der Waals surface area contributed by atoms with E-state index in [1.165, 1.54) is 0 Å². The summed E-state index contributed by atoms with van der Waals surface area (Å²) in [5, 5.41) is 10.9. The van der Waals surface area contributed by atoms with Gasteiger partial charge in [0.1, 0.15) is 10.9 Å². The van der Waals surface area contributed by atoms with Gasteiger partial charge in [0.2, 0.25) is 0 Å². The predicted molar refractivity (Wildman–Crippen MR) is 94.7 cm³/mol. The molecule has 1 aliphatic heterocycles. The van der Waals surface area contributed by atoms with E-state index in [1.54, 1.807) is 24.4 Å². The van der Waals surface area contributed by atoms with Crippen LogP contribution in [0.1, 0.15) is 0 Å². The van der Waals surface area contributed by atoms with E-state index in [-0.39, 0.29) is 5.75 Å². The van der Waals surface area contributed by atoms with Crippen molar-refractivity contribution in [2.75, 3.05) is 31.2 Å². The molecule has 5 nitrogen and oxygen atoms in total. The van der Waals surface area contributed by atoms with Gasteiger partial charge in [-0.05, 0) is 30.3 Å². The van der Waals surface area contributed by atoms with Crippen LogP contribution in [0.5, 0.6) is 5.75 Å². The van der Waals surface area contributed by atoms with Crippen molar-refractivity contribution in [1.82, 2.24) is 9.97 Å². The van der Waals surface area contributed by atoms with Crippen LogP contribution >= 0.6 is 11.6 Å². The Labute approximate surface area is 144 Å². The number of fused-ring (bicyclic) bond motifs is 1. The third kappa shape index (κ3) is 2.88. The lowest BCUT2D eigenvalue weighted by Crippen LogP contribution is -2.36. The van der Waals surface area contributed by atoms with Crippen LogP contribution in [0.2, 0.25) is 5.15 Å². The second-order valence-corrected chi connectivity index (χ2v) is 6.08. The second-order valence-electron chi connectivity index (χ2n) is 5.70. The number of benzene rings is 1. The molecule has 0 radical (unpaired) electrons. The summed E-state index contributed by atoms with van der Waals surface area (Å²) in [7, 11) is 0. The van der Waals surface area contributed by atoms with E-state index in [4.69, 9.17) is 21.3 Å². The number of aromatic nitrogens is 2. The zero-order valence-electron chi connectivity index (χ0n) is 12.9. The molecule has 122 valence electrons. The Balaban J connectivity index is 1.89. The first-order chi connectivity index (χ1) is 11.7. The summed E-state index contributed by atoms with van der Waals surface area (Å²) in [5.41, 5.74) is 3.67. The average Bonchev–Trinajstić information content (AvgIpc) is 2.62. The minimum atomic E-state index is 0.236. The fourth-order valence-corrected chi connectivity index (χ4v) is 3.08. The van der Waals surface area contributed by atoms with Gasteiger partial charge in [-0.15, -0.1) is 0 Å². The van der Waals surface area contributed by atoms with E-state index >= 15 is 0 Å². The quantitative estimate of drug-likeness (QED) is 0.723. The summed E-state index contributed by atoms with van der Waals surface area (Å²) in [6.07, 6.45) is 1.77. The van der Waals surface area contributed by atoms with Crippen LogP contribution in [-0.2, 0) is 4.74 Å². The lowest BCUT2D eigenvalue weighted by molar-refractivity contribution is 0.123. The molecule has 2 aromatic heterocycles. The summed E-state index contributed by atoms with van der Waals surface area (Å²) in [4.78, 5) is 11.2. The highest BCUT2D eigenvalue weighted by molar-refractivity contribution is 6.30. The lowest BCUT2D eigenvalue weighted by atomic mass is 10.1. The van der Waals surface area contributed by atoms with Gasteiger partial charge >= 0.3 is 0 Å². The molecule has 0 spiro atoms. The summed E-state index contributed by atoms with van der Waals surface area (Å²) >= 11 is 6.06. The van der Waals surface area contributed by atoms with Crippen molar-refractivity contribution in [1.29, 1.82) is 0 Å². The molecule has 4 rings (SSSR count). The SMILES string of the molecule is Oc1ccc(-c2cc(N3CCOCC3)c3cnc(Cl)cc3n2)cc1. The first kappa shape index (κ1) is 15.2. The normalized spacial score (nSPS) is 15.0. The molecule has 1 N–H and O–H groups in total. The van der Waals surface area contributed by atoms with Crippen molar-refractivity contribution in [3.05, 3.63) is 47.7 Å². The maximum atomic E-state index is 9.50. The Morgan fingerprint density at radius 3 is 2.58 bits per heavy atom. The molecule has 3 aromatic rings. The lowest BCUT2D eigenvalue weighted by Gasteiger charge is -2.30. The van der Waals surface area contributed by atoms with Gasteiger partial charge in [-0.1, -0.05) is 11.6 Å². The maximum Gasteiger partial charge on any atom is 0.131 e. The van der Waals surface area contributed by atoms with Gasteiger partial charge in [0.15, 0.2) is 0 Å². The third-order valence-corrected chi connectivity index (χ3v) is 4.36. The van der Waals surface area contributed by atoms with Gasteiger partial charge in [-0.2, -0.15) is 0 Å². The van der Waals surface area contributed by atoms with E-state index in [2.05, 4.69) is 16.0 Å². The van der Waals surface area contributed by atoms with Crippen molar-refractivity contribution in [2.45, 2.75) is 0 Å². The van der Waals surface area contributed by atoms with Crippen molar-refractivity contribution in [2.24, 2.45) is 0 Å². The first-order valence-electron chi connectivity index (χ1n) is 7.79. The fourth-order valence-electron chi connectivity index (χ4n) is 2.93. The monoisotopic (exact) mass is 341 g/mol. The maximum absolute atomic E-state index is 9.50. The fraction of sp³-hybridized carbons (Fsp3) is 0.222. The van der Waals surface area contributed by atoms with Crippen molar-refractivity contribution in [3.8, 4) is 17.0 Å². The Morgan fingerprint density at radius 2 is 1.83 bits per heavy atom. The van der Waals surface area contributed by atoms with Crippen molar-refractivity contribution >= 4 is 28.2 Å². The number of ether oxygens (including phenoxy) is 1. The summed E-state index contributed by atoms with van der Waals surface area (Å²) < 4.78 is 5.46. The van der Waals surface area contributed by atoms with Crippen LogP contribution in [0.15, 0.2) is 42.6 Å². The molecule has 0 unspecified atom stereocenters. The highest BCUT2D eigenvalue weighted by Gasteiger charge is 2.17. The van der Waals surface area contributed by atoms with E-state index in [0.717, 1.165) is 40.9 Å². The number of morpholine rings is 1. The molecular formula is C18H16ClN3O2. The third-order valence-electron chi connectivity index (χ3n) is 4.15. The van der Waals surface area contributed by atoms with Crippen LogP contribution < -0.4 is 4.90 Å². The minimum Gasteiger partial charge on any atom is -0.508 e. The van der Waals surface area contributed by atoms with Gasteiger partial charge in [0, 0.05) is 36.3 Å². The number of hydrogen-bond acceptors (Lipinski definition) is 5. The van der Waals surface area contributed by atoms with Crippen LogP contribution in [0.4, 0.5) is 5.69 Å². The van der Waals surface area contributed by atoms with Gasteiger partial charge in [-0.3, -0.25) is 0 Å². The van der Waals surface area contributed by atoms with Crippen LogP contribution in [0, 0.1) is 0 Å². The standard InChI is InChI=1S/C18H16ClN3O2/c19-18-10-16-14(11-20-18)17(22-5-7-24-8-6-22)9-15(21-16)12-1-3-13(23)4-2-12/h1-4,9-11,23H,5-8H2. The molecule has 0 amide bonds. The topological polar surface area (TPSA) is 58.5 Å². The van der Waals surface area contributed by atoms with Crippen LogP contribution in [-0.4, -0.2) is 41.4 Å². The number of phenols is 1. The number of pyridine rings is 2. The molecule has 1 aromatic carbocycles. The van der Waals surface area contributed by atoms with E-state index in [9.17, 15) is 5.11 Å². The summed E-state index contributed by atoms with van der Waals surface area (Å²) in [6.45, 7) is 3.08. The Kier molecular flexibility index (Phi) is 3.96. The second kappa shape index (κ2) is 6.26. The number of rotatable bonds is 2. The van der Waals surface area contributed by atoms with E-state index in [1.807, 2.05) is 12.1 Å². The molecule has 1 saturated heterocycles. The smallest absolute Gasteiger partial charge is 0.131 e. The van der Waals surface area contributed by atoms with Crippen molar-refractivity contribution in [3.63, 3.8) is 0 Å². The van der Waals surface area contributed by atoms with Crippen LogP contribution in [0.25, 0.3) is 22.2 Å². The molecule has 0 bridgehead atoms. The average molecular weight is 342 g/mol. The molecule has 24 heavy (non-hydrogen) atoms. The first-order valence-corrected chi connectivity index (χ1v) is 8.17. The zero-order valence-corrected chi connectivity index (χ0v) is 13.7. The Bertz CT molecular complexity index is 877. The molecule has 6 heteroatoms. The number of aromatic hydroxyl groups is 1. The number of phenolic OH excluding ortho intramolecular Hbond substituents is 1. The summed E-state index contributed by atoms with van der Waals surface area (Å²) in [5.74, 6) is 0.236. The number of halogens is 1. The molecule has 3 heterocycles. The van der Waals surface area contributed by atoms with Crippen molar-refractivity contribution < 1.29 is 9.84 Å². The molecule has 0 aliphatic carbocycles. The Hall–Kier alpha value is -2.37. The van der Waals surface area contributed by atoms with Crippen LogP contribution in [0.3, 0.4) is 0 Å². The Morgan fingerprint density at radius 1 is 1.08 bits per heavy atom. The molecule has 1 fully saturated rings. The predicted octanol–water partition coefficient (Wildman–Crippen LogP) is 3.49. The number of hydrogen-bond donors (Lipinski definition) is 1. The molecular weight excluding hydrogens is 326 g/mol. The highest BCUT2D eigenvalue weighted by atomic mass is 35.5. The van der Waals surface area contributed by atoms with Gasteiger partial charge in [0.25, 0.3) is 0 Å². The van der Waals surface area contributed by atoms with Gasteiger partial charge in [0.05, 0.1) is 30.1 Å². The van der Waals surface area contributed by atoms with E-state index in [0.29, 0.717) is 18.4 Å². The van der Waals surface area contributed by atoms with E-state index < -0.39 is 0 Å². The number of anilines is 1. The molecule has 0 saturated carbocycles. The largest absolute Gasteiger partial charge is 0.508 e. The van der Waals surface area contributed by atoms with Gasteiger partial charge in [-0.25, -0.2) is 9.97 Å². The zero-order chi connectivity index (χ0) is 16.5.